The van der Waals surface area contributed by atoms with Gasteiger partial charge in [0, 0.05) is 79.4 Å². The number of hydrogen-bond donors (Lipinski definition) is 3. The minimum atomic E-state index is -0.872. The Labute approximate surface area is 187 Å². The van der Waals surface area contributed by atoms with Gasteiger partial charge in [-0.15, -0.1) is 0 Å². The summed E-state index contributed by atoms with van der Waals surface area (Å²) in [6.07, 6.45) is 5.41. The number of nitrogens with zero attached hydrogens (tertiary/aromatic N) is 3. The number of H-pyrrole nitrogens is 1. The summed E-state index contributed by atoms with van der Waals surface area (Å²) < 4.78 is 0. The van der Waals surface area contributed by atoms with Crippen molar-refractivity contribution >= 4 is 28.5 Å². The number of aliphatic carboxylic acids is 1. The zero-order valence-corrected chi connectivity index (χ0v) is 18.4. The van der Waals surface area contributed by atoms with E-state index in [-0.39, 0.29) is 11.8 Å². The molecule has 1 aliphatic heterocycles. The number of aromatic nitrogens is 2. The number of carbonyl (C=O) groups excluding carboxylic acids is 1. The van der Waals surface area contributed by atoms with Crippen LogP contribution in [0.4, 0.5) is 5.69 Å². The third kappa shape index (κ3) is 4.81. The Morgan fingerprint density at radius 3 is 2.62 bits per heavy atom. The third-order valence-electron chi connectivity index (χ3n) is 5.94. The van der Waals surface area contributed by atoms with Gasteiger partial charge in [-0.3, -0.25) is 24.4 Å². The number of rotatable bonds is 7. The van der Waals surface area contributed by atoms with Crippen LogP contribution >= 0.6 is 0 Å². The van der Waals surface area contributed by atoms with E-state index in [4.69, 9.17) is 0 Å². The molecule has 2 aromatic heterocycles. The van der Waals surface area contributed by atoms with Crippen molar-refractivity contribution in [2.45, 2.75) is 26.4 Å². The summed E-state index contributed by atoms with van der Waals surface area (Å²) in [6, 6.07) is 8.80. The van der Waals surface area contributed by atoms with Gasteiger partial charge < -0.3 is 15.4 Å². The highest BCUT2D eigenvalue weighted by Gasteiger charge is 2.32. The molecular weight excluding hydrogens is 406 g/mol. The number of carboxylic acid groups (broad SMARTS) is 1. The van der Waals surface area contributed by atoms with Crippen LogP contribution in [0.1, 0.15) is 31.0 Å². The molecule has 1 saturated heterocycles. The van der Waals surface area contributed by atoms with Crippen LogP contribution in [0.25, 0.3) is 10.9 Å². The number of benzene rings is 1. The molecule has 1 amide bonds. The lowest BCUT2D eigenvalue weighted by Crippen LogP contribution is -2.48. The maximum Gasteiger partial charge on any atom is 0.325 e. The molecule has 0 aliphatic carbocycles. The first-order valence-electron chi connectivity index (χ1n) is 10.9. The molecule has 0 saturated carbocycles. The van der Waals surface area contributed by atoms with Crippen molar-refractivity contribution in [2.24, 2.45) is 5.92 Å². The average Bonchev–Trinajstić information content (AvgIpc) is 3.18. The first-order chi connectivity index (χ1) is 15.4. The lowest BCUT2D eigenvalue weighted by Gasteiger charge is -2.37. The van der Waals surface area contributed by atoms with E-state index in [9.17, 15) is 14.7 Å². The molecule has 8 heteroatoms. The minimum Gasteiger partial charge on any atom is -0.480 e. The Hall–Kier alpha value is -3.23. The summed E-state index contributed by atoms with van der Waals surface area (Å²) in [4.78, 5) is 36.1. The van der Waals surface area contributed by atoms with Crippen molar-refractivity contribution in [2.75, 3.05) is 31.5 Å². The number of carbonyl (C=O) groups is 2. The summed E-state index contributed by atoms with van der Waals surface area (Å²) in [5.74, 6) is -1.07. The number of fused-ring (bicyclic) bond motifs is 1. The highest BCUT2D eigenvalue weighted by molar-refractivity contribution is 5.96. The van der Waals surface area contributed by atoms with Crippen molar-refractivity contribution < 1.29 is 14.7 Å². The lowest BCUT2D eigenvalue weighted by molar-refractivity contribution is -0.144. The molecule has 32 heavy (non-hydrogen) atoms. The van der Waals surface area contributed by atoms with Crippen LogP contribution < -0.4 is 5.32 Å². The van der Waals surface area contributed by atoms with E-state index in [0.717, 1.165) is 36.1 Å². The van der Waals surface area contributed by atoms with Gasteiger partial charge in [-0.05, 0) is 29.8 Å². The van der Waals surface area contributed by atoms with Gasteiger partial charge in [0.25, 0.3) is 0 Å². The highest BCUT2D eigenvalue weighted by atomic mass is 16.4. The topological polar surface area (TPSA) is 102 Å². The van der Waals surface area contributed by atoms with Gasteiger partial charge in [0.15, 0.2) is 0 Å². The van der Waals surface area contributed by atoms with E-state index in [0.29, 0.717) is 24.3 Å². The number of amides is 1. The summed E-state index contributed by atoms with van der Waals surface area (Å²) in [5, 5.41) is 13.8. The van der Waals surface area contributed by atoms with E-state index >= 15 is 0 Å². The van der Waals surface area contributed by atoms with E-state index < -0.39 is 12.0 Å². The number of pyridine rings is 1. The number of hydrogen-bond acceptors (Lipinski definition) is 5. The van der Waals surface area contributed by atoms with Crippen LogP contribution in [-0.2, 0) is 16.1 Å². The second kappa shape index (κ2) is 9.50. The number of aromatic amines is 1. The van der Waals surface area contributed by atoms with E-state index in [1.807, 2.05) is 49.2 Å². The van der Waals surface area contributed by atoms with Crippen LogP contribution in [0.3, 0.4) is 0 Å². The van der Waals surface area contributed by atoms with E-state index in [2.05, 4.69) is 26.3 Å². The minimum absolute atomic E-state index is 0.0686. The third-order valence-corrected chi connectivity index (χ3v) is 5.94. The fraction of sp³-hybridized carbons (Fsp3) is 0.375. The van der Waals surface area contributed by atoms with Crippen LogP contribution in [0.2, 0.25) is 0 Å². The van der Waals surface area contributed by atoms with E-state index in [1.54, 1.807) is 12.4 Å². The van der Waals surface area contributed by atoms with Crippen molar-refractivity contribution in [1.29, 1.82) is 0 Å². The molecule has 1 aromatic carbocycles. The maximum absolute atomic E-state index is 12.3. The van der Waals surface area contributed by atoms with Crippen LogP contribution in [0.5, 0.6) is 0 Å². The zero-order valence-electron chi connectivity index (χ0n) is 18.4. The average molecular weight is 436 g/mol. The molecule has 168 valence electrons. The smallest absolute Gasteiger partial charge is 0.325 e. The number of piperazine rings is 1. The zero-order chi connectivity index (χ0) is 22.7. The molecule has 3 aromatic rings. The Kier molecular flexibility index (Phi) is 6.53. The molecule has 1 atom stereocenters. The van der Waals surface area contributed by atoms with Gasteiger partial charge in [-0.25, -0.2) is 0 Å². The molecule has 8 nitrogen and oxygen atoms in total. The molecule has 1 fully saturated rings. The Balaban J connectivity index is 1.51. The van der Waals surface area contributed by atoms with Gasteiger partial charge in [0.2, 0.25) is 5.91 Å². The predicted molar refractivity (Wildman–Crippen MR) is 123 cm³/mol. The number of nitrogens with one attached hydrogen (secondary N) is 2. The SMILES string of the molecule is CC(C)C(=O)Nc1ccc2[nH]cc([C@H](C(=O)O)N3CCN(Cc4cccnc4)CC3)c2c1. The van der Waals surface area contributed by atoms with Crippen LogP contribution in [0.15, 0.2) is 48.9 Å². The Morgan fingerprint density at radius 1 is 1.19 bits per heavy atom. The molecule has 0 unspecified atom stereocenters. The number of carboxylic acids is 1. The molecule has 0 bridgehead atoms. The van der Waals surface area contributed by atoms with Gasteiger partial charge in [-0.1, -0.05) is 19.9 Å². The van der Waals surface area contributed by atoms with Gasteiger partial charge in [0.1, 0.15) is 6.04 Å². The molecule has 4 rings (SSSR count). The lowest BCUT2D eigenvalue weighted by atomic mass is 10.0. The largest absolute Gasteiger partial charge is 0.480 e. The Morgan fingerprint density at radius 2 is 1.97 bits per heavy atom. The standard InChI is InChI=1S/C24H29N5O3/c1-16(2)23(30)27-18-5-6-21-19(12-18)20(14-26-21)22(24(31)32)29-10-8-28(9-11-29)15-17-4-3-7-25-13-17/h3-7,12-14,16,22,26H,8-11,15H2,1-2H3,(H,27,30)(H,31,32)/t22-/m1/s1. The second-order valence-electron chi connectivity index (χ2n) is 8.56. The first-order valence-corrected chi connectivity index (χ1v) is 10.9. The molecular formula is C24H29N5O3. The summed E-state index contributed by atoms with van der Waals surface area (Å²) in [5.41, 5.74) is 3.39. The fourth-order valence-corrected chi connectivity index (χ4v) is 4.15. The highest BCUT2D eigenvalue weighted by Crippen LogP contribution is 2.31. The molecule has 1 aliphatic rings. The molecule has 3 heterocycles. The van der Waals surface area contributed by atoms with Gasteiger partial charge in [0.05, 0.1) is 0 Å². The predicted octanol–water partition coefficient (Wildman–Crippen LogP) is 3.10. The molecule has 0 spiro atoms. The second-order valence-corrected chi connectivity index (χ2v) is 8.56. The van der Waals surface area contributed by atoms with Gasteiger partial charge in [-0.2, -0.15) is 0 Å². The van der Waals surface area contributed by atoms with Crippen molar-refractivity contribution in [1.82, 2.24) is 19.8 Å². The first kappa shape index (κ1) is 22.0. The summed E-state index contributed by atoms with van der Waals surface area (Å²) in [6.45, 7) is 7.38. The van der Waals surface area contributed by atoms with Crippen molar-refractivity contribution in [3.05, 3.63) is 60.0 Å². The summed E-state index contributed by atoms with van der Waals surface area (Å²) >= 11 is 0. The number of anilines is 1. The van der Waals surface area contributed by atoms with E-state index in [1.165, 1.54) is 0 Å². The van der Waals surface area contributed by atoms with Crippen molar-refractivity contribution in [3.63, 3.8) is 0 Å². The fourth-order valence-electron chi connectivity index (χ4n) is 4.15. The maximum atomic E-state index is 12.3. The van der Waals surface area contributed by atoms with Crippen LogP contribution in [-0.4, -0.2) is 62.9 Å². The molecule has 3 N–H and O–H groups in total. The Bertz CT molecular complexity index is 1090. The summed E-state index contributed by atoms with van der Waals surface area (Å²) in [7, 11) is 0. The van der Waals surface area contributed by atoms with Crippen molar-refractivity contribution in [3.8, 4) is 0 Å². The van der Waals surface area contributed by atoms with Gasteiger partial charge >= 0.3 is 5.97 Å². The monoisotopic (exact) mass is 435 g/mol. The molecule has 0 radical (unpaired) electrons. The quantitative estimate of drug-likeness (QED) is 0.527. The normalized spacial score (nSPS) is 16.3. The van der Waals surface area contributed by atoms with Crippen LogP contribution in [0, 0.1) is 5.92 Å².